The van der Waals surface area contributed by atoms with Gasteiger partial charge in [0, 0.05) is 23.1 Å². The standard InChI is InChI=1S/C12H13N/c1-3-11-9-10-7-5-6-8-12(10)13(11)4-2/h3,5-9H,1,4H2,2H3. The van der Waals surface area contributed by atoms with Gasteiger partial charge in [0.25, 0.3) is 0 Å². The highest BCUT2D eigenvalue weighted by Crippen LogP contribution is 2.19. The molecular weight excluding hydrogens is 158 g/mol. The fraction of sp³-hybridized carbons (Fsp3) is 0.167. The van der Waals surface area contributed by atoms with Gasteiger partial charge in [-0.05, 0) is 25.1 Å². The monoisotopic (exact) mass is 171 g/mol. The molecule has 1 aromatic carbocycles. The summed E-state index contributed by atoms with van der Waals surface area (Å²) in [6.07, 6.45) is 1.91. The molecule has 0 saturated carbocycles. The van der Waals surface area contributed by atoms with Crippen molar-refractivity contribution in [1.82, 2.24) is 4.57 Å². The Hall–Kier alpha value is -1.50. The smallest absolute Gasteiger partial charge is 0.0484 e. The van der Waals surface area contributed by atoms with Crippen LogP contribution in [0.15, 0.2) is 36.9 Å². The van der Waals surface area contributed by atoms with Crippen LogP contribution in [-0.2, 0) is 6.54 Å². The van der Waals surface area contributed by atoms with E-state index in [-0.39, 0.29) is 0 Å². The molecule has 0 aliphatic heterocycles. The lowest BCUT2D eigenvalue weighted by atomic mass is 10.2. The van der Waals surface area contributed by atoms with Gasteiger partial charge in [0.1, 0.15) is 0 Å². The van der Waals surface area contributed by atoms with Gasteiger partial charge in [-0.2, -0.15) is 0 Å². The molecule has 0 bridgehead atoms. The van der Waals surface area contributed by atoms with Gasteiger partial charge >= 0.3 is 0 Å². The summed E-state index contributed by atoms with van der Waals surface area (Å²) in [6.45, 7) is 6.96. The number of fused-ring (bicyclic) bond motifs is 1. The summed E-state index contributed by atoms with van der Waals surface area (Å²) >= 11 is 0. The third-order valence-electron chi connectivity index (χ3n) is 2.37. The Labute approximate surface area is 78.3 Å². The van der Waals surface area contributed by atoms with Gasteiger partial charge in [-0.25, -0.2) is 0 Å². The molecule has 0 radical (unpaired) electrons. The Balaban J connectivity index is 2.81. The SMILES string of the molecule is C=Cc1cc2ccccc2n1CC. The zero-order valence-corrected chi connectivity index (χ0v) is 7.83. The summed E-state index contributed by atoms with van der Waals surface area (Å²) < 4.78 is 2.27. The molecule has 0 fully saturated rings. The number of aryl methyl sites for hydroxylation is 1. The zero-order chi connectivity index (χ0) is 9.26. The Morgan fingerprint density at radius 1 is 1.38 bits per heavy atom. The summed E-state index contributed by atoms with van der Waals surface area (Å²) in [5, 5.41) is 1.29. The van der Waals surface area contributed by atoms with Crippen LogP contribution >= 0.6 is 0 Å². The maximum Gasteiger partial charge on any atom is 0.0484 e. The average Bonchev–Trinajstić information content (AvgIpc) is 2.55. The minimum Gasteiger partial charge on any atom is -0.341 e. The van der Waals surface area contributed by atoms with Gasteiger partial charge in [0.2, 0.25) is 0 Å². The molecule has 1 heterocycles. The topological polar surface area (TPSA) is 4.93 Å². The number of aromatic nitrogens is 1. The quantitative estimate of drug-likeness (QED) is 0.653. The number of rotatable bonds is 2. The van der Waals surface area contributed by atoms with Crippen LogP contribution < -0.4 is 0 Å². The molecule has 0 N–H and O–H groups in total. The zero-order valence-electron chi connectivity index (χ0n) is 7.83. The fourth-order valence-electron chi connectivity index (χ4n) is 1.75. The van der Waals surface area contributed by atoms with Crippen LogP contribution in [0.3, 0.4) is 0 Å². The van der Waals surface area contributed by atoms with Crippen LogP contribution in [0.25, 0.3) is 17.0 Å². The van der Waals surface area contributed by atoms with E-state index in [0.717, 1.165) is 6.54 Å². The molecule has 0 aliphatic carbocycles. The Bertz CT molecular complexity index is 437. The number of benzene rings is 1. The Morgan fingerprint density at radius 2 is 2.15 bits per heavy atom. The Kier molecular flexibility index (Phi) is 1.93. The second-order valence-corrected chi connectivity index (χ2v) is 3.08. The highest BCUT2D eigenvalue weighted by Gasteiger charge is 2.02. The summed E-state index contributed by atoms with van der Waals surface area (Å²) in [6, 6.07) is 10.6. The molecule has 0 saturated heterocycles. The predicted octanol–water partition coefficient (Wildman–Crippen LogP) is 3.30. The van der Waals surface area contributed by atoms with Gasteiger partial charge in [-0.15, -0.1) is 0 Å². The third kappa shape index (κ3) is 1.17. The molecule has 0 unspecified atom stereocenters. The van der Waals surface area contributed by atoms with Crippen LogP contribution in [0.4, 0.5) is 0 Å². The van der Waals surface area contributed by atoms with Crippen molar-refractivity contribution in [3.63, 3.8) is 0 Å². The van der Waals surface area contributed by atoms with E-state index in [4.69, 9.17) is 0 Å². The molecule has 66 valence electrons. The van der Waals surface area contributed by atoms with E-state index in [1.807, 2.05) is 6.08 Å². The lowest BCUT2D eigenvalue weighted by Gasteiger charge is -2.02. The van der Waals surface area contributed by atoms with E-state index in [1.54, 1.807) is 0 Å². The first-order valence-electron chi connectivity index (χ1n) is 4.57. The van der Waals surface area contributed by atoms with E-state index in [1.165, 1.54) is 16.6 Å². The van der Waals surface area contributed by atoms with Crippen molar-refractivity contribution < 1.29 is 0 Å². The van der Waals surface area contributed by atoms with Crippen LogP contribution in [-0.4, -0.2) is 4.57 Å². The lowest BCUT2D eigenvalue weighted by Crippen LogP contribution is -1.94. The maximum atomic E-state index is 3.81. The highest BCUT2D eigenvalue weighted by molar-refractivity contribution is 5.83. The van der Waals surface area contributed by atoms with Crippen molar-refractivity contribution in [1.29, 1.82) is 0 Å². The molecule has 1 heteroatoms. The number of hydrogen-bond donors (Lipinski definition) is 0. The third-order valence-corrected chi connectivity index (χ3v) is 2.37. The first kappa shape index (κ1) is 8.11. The van der Waals surface area contributed by atoms with Crippen molar-refractivity contribution in [2.45, 2.75) is 13.5 Å². The second kappa shape index (κ2) is 3.09. The van der Waals surface area contributed by atoms with Gasteiger partial charge < -0.3 is 4.57 Å². The average molecular weight is 171 g/mol. The van der Waals surface area contributed by atoms with E-state index >= 15 is 0 Å². The van der Waals surface area contributed by atoms with Gasteiger partial charge in [0.05, 0.1) is 0 Å². The molecule has 0 spiro atoms. The van der Waals surface area contributed by atoms with Crippen molar-refractivity contribution in [3.05, 3.63) is 42.6 Å². The largest absolute Gasteiger partial charge is 0.341 e. The van der Waals surface area contributed by atoms with Crippen LogP contribution in [0, 0.1) is 0 Å². The Morgan fingerprint density at radius 3 is 2.85 bits per heavy atom. The fourth-order valence-corrected chi connectivity index (χ4v) is 1.75. The summed E-state index contributed by atoms with van der Waals surface area (Å²) in [4.78, 5) is 0. The minimum absolute atomic E-state index is 0.995. The molecule has 2 aromatic rings. The van der Waals surface area contributed by atoms with Crippen molar-refractivity contribution in [3.8, 4) is 0 Å². The first-order chi connectivity index (χ1) is 6.36. The molecule has 1 nitrogen and oxygen atoms in total. The van der Waals surface area contributed by atoms with Crippen LogP contribution in [0.5, 0.6) is 0 Å². The summed E-state index contributed by atoms with van der Waals surface area (Å²) in [5.74, 6) is 0. The molecule has 2 rings (SSSR count). The van der Waals surface area contributed by atoms with Crippen LogP contribution in [0.2, 0.25) is 0 Å². The van der Waals surface area contributed by atoms with E-state index in [9.17, 15) is 0 Å². The van der Waals surface area contributed by atoms with Gasteiger partial charge in [-0.1, -0.05) is 24.8 Å². The molecule has 13 heavy (non-hydrogen) atoms. The lowest BCUT2D eigenvalue weighted by molar-refractivity contribution is 0.790. The summed E-state index contributed by atoms with van der Waals surface area (Å²) in [7, 11) is 0. The second-order valence-electron chi connectivity index (χ2n) is 3.08. The predicted molar refractivity (Wildman–Crippen MR) is 57.7 cm³/mol. The summed E-state index contributed by atoms with van der Waals surface area (Å²) in [5.41, 5.74) is 2.49. The molecule has 1 aromatic heterocycles. The number of para-hydroxylation sites is 1. The van der Waals surface area contributed by atoms with E-state index in [0.29, 0.717) is 0 Å². The molecule has 0 atom stereocenters. The van der Waals surface area contributed by atoms with Crippen molar-refractivity contribution in [2.24, 2.45) is 0 Å². The van der Waals surface area contributed by atoms with E-state index < -0.39 is 0 Å². The minimum atomic E-state index is 0.995. The van der Waals surface area contributed by atoms with Gasteiger partial charge in [0.15, 0.2) is 0 Å². The molecule has 0 amide bonds. The normalized spacial score (nSPS) is 10.5. The molecular formula is C12H13N. The molecule has 0 aliphatic rings. The van der Waals surface area contributed by atoms with Crippen molar-refractivity contribution in [2.75, 3.05) is 0 Å². The number of hydrogen-bond acceptors (Lipinski definition) is 0. The van der Waals surface area contributed by atoms with Gasteiger partial charge in [-0.3, -0.25) is 0 Å². The maximum absolute atomic E-state index is 3.81. The number of nitrogens with zero attached hydrogens (tertiary/aromatic N) is 1. The first-order valence-corrected chi connectivity index (χ1v) is 4.57. The van der Waals surface area contributed by atoms with E-state index in [2.05, 4.69) is 48.4 Å². The highest BCUT2D eigenvalue weighted by atomic mass is 15.0. The van der Waals surface area contributed by atoms with Crippen molar-refractivity contribution >= 4 is 17.0 Å². The van der Waals surface area contributed by atoms with Crippen LogP contribution in [0.1, 0.15) is 12.6 Å².